The molecule has 1 aromatic carbocycles. The Kier molecular flexibility index (Phi) is 4.96. The predicted octanol–water partition coefficient (Wildman–Crippen LogP) is 2.96. The number of nitrogens with one attached hydrogen (secondary N) is 1. The molecule has 0 aliphatic carbocycles. The Bertz CT molecular complexity index is 572. The van der Waals surface area contributed by atoms with Crippen molar-refractivity contribution in [2.24, 2.45) is 0 Å². The maximum Gasteiger partial charge on any atom is 0.122 e. The summed E-state index contributed by atoms with van der Waals surface area (Å²) >= 11 is 1.62. The Morgan fingerprint density at radius 1 is 1.37 bits per heavy atom. The molecule has 2 rings (SSSR count). The van der Waals surface area contributed by atoms with Gasteiger partial charge in [0.15, 0.2) is 0 Å². The van der Waals surface area contributed by atoms with Gasteiger partial charge in [0.2, 0.25) is 0 Å². The summed E-state index contributed by atoms with van der Waals surface area (Å²) in [5, 5.41) is 14.0. The summed E-state index contributed by atoms with van der Waals surface area (Å²) in [4.78, 5) is 1.19. The first-order chi connectivity index (χ1) is 9.33. The van der Waals surface area contributed by atoms with Gasteiger partial charge in [0, 0.05) is 16.8 Å². The highest BCUT2D eigenvalue weighted by atomic mass is 32.1. The molecular weight excluding hydrogens is 256 g/mol. The van der Waals surface area contributed by atoms with E-state index in [-0.39, 0.29) is 0 Å². The molecule has 0 saturated carbocycles. The third-order valence-corrected chi connectivity index (χ3v) is 3.78. The second-order valence-electron chi connectivity index (χ2n) is 4.15. The van der Waals surface area contributed by atoms with Crippen LogP contribution >= 0.6 is 11.3 Å². The summed E-state index contributed by atoms with van der Waals surface area (Å²) in [7, 11) is 1.70. The minimum Gasteiger partial charge on any atom is -0.496 e. The van der Waals surface area contributed by atoms with Crippen LogP contribution in [-0.4, -0.2) is 13.7 Å². The average Bonchev–Trinajstić information content (AvgIpc) is 2.92. The summed E-state index contributed by atoms with van der Waals surface area (Å²) in [6.45, 7) is 1.70. The van der Waals surface area contributed by atoms with E-state index in [1.54, 1.807) is 18.4 Å². The quantitative estimate of drug-likeness (QED) is 0.822. The number of hydrogen-bond donors (Lipinski definition) is 1. The molecular formula is C15H16N2OS. The van der Waals surface area contributed by atoms with Crippen molar-refractivity contribution in [2.45, 2.75) is 13.0 Å². The summed E-state index contributed by atoms with van der Waals surface area (Å²) in [5.41, 5.74) is 1.95. The molecule has 0 fully saturated rings. The molecule has 1 aromatic heterocycles. The minimum absolute atomic E-state index is 0.742. The van der Waals surface area contributed by atoms with Crippen molar-refractivity contribution in [1.82, 2.24) is 5.32 Å². The standard InChI is InChI=1S/C15H16N2OS/c1-18-15-5-3-2-4-13(15)6-7-17-10-14-8-12(9-16)11-19-14/h2-5,8,11,17H,6-7,10H2,1H3. The van der Waals surface area contributed by atoms with E-state index in [1.165, 1.54) is 10.4 Å². The third-order valence-electron chi connectivity index (χ3n) is 2.85. The molecule has 0 aliphatic heterocycles. The molecule has 0 amide bonds. The minimum atomic E-state index is 0.742. The number of para-hydroxylation sites is 1. The number of rotatable bonds is 6. The van der Waals surface area contributed by atoms with Crippen molar-refractivity contribution < 1.29 is 4.74 Å². The largest absolute Gasteiger partial charge is 0.496 e. The zero-order chi connectivity index (χ0) is 13.5. The van der Waals surface area contributed by atoms with Crippen LogP contribution in [0.25, 0.3) is 0 Å². The van der Waals surface area contributed by atoms with Crippen LogP contribution in [0.15, 0.2) is 35.7 Å². The molecule has 2 aromatic rings. The molecule has 0 saturated heterocycles. The van der Waals surface area contributed by atoms with Crippen LogP contribution < -0.4 is 10.1 Å². The molecule has 98 valence electrons. The third kappa shape index (κ3) is 3.82. The van der Waals surface area contributed by atoms with Gasteiger partial charge in [-0.15, -0.1) is 11.3 Å². The van der Waals surface area contributed by atoms with E-state index >= 15 is 0 Å². The maximum atomic E-state index is 8.75. The molecule has 19 heavy (non-hydrogen) atoms. The Morgan fingerprint density at radius 2 is 2.21 bits per heavy atom. The van der Waals surface area contributed by atoms with Crippen LogP contribution in [0.5, 0.6) is 5.75 Å². The fourth-order valence-corrected chi connectivity index (χ4v) is 2.66. The van der Waals surface area contributed by atoms with E-state index in [9.17, 15) is 0 Å². The number of thiophene rings is 1. The summed E-state index contributed by atoms with van der Waals surface area (Å²) in [6, 6.07) is 12.1. The van der Waals surface area contributed by atoms with Gasteiger partial charge in [-0.3, -0.25) is 0 Å². The summed E-state index contributed by atoms with van der Waals surface area (Å²) < 4.78 is 5.32. The van der Waals surface area contributed by atoms with Crippen molar-refractivity contribution in [3.05, 3.63) is 51.7 Å². The molecule has 0 unspecified atom stereocenters. The second kappa shape index (κ2) is 6.93. The van der Waals surface area contributed by atoms with Gasteiger partial charge in [-0.2, -0.15) is 5.26 Å². The summed E-state index contributed by atoms with van der Waals surface area (Å²) in [5.74, 6) is 0.937. The second-order valence-corrected chi connectivity index (χ2v) is 5.15. The molecule has 4 heteroatoms. The van der Waals surface area contributed by atoms with E-state index in [4.69, 9.17) is 10.00 Å². The first kappa shape index (κ1) is 13.6. The van der Waals surface area contributed by atoms with E-state index in [1.807, 2.05) is 29.6 Å². The number of ether oxygens (including phenoxy) is 1. The summed E-state index contributed by atoms with van der Waals surface area (Å²) in [6.07, 6.45) is 0.931. The van der Waals surface area contributed by atoms with Gasteiger partial charge in [0.05, 0.1) is 12.7 Å². The van der Waals surface area contributed by atoms with Crippen molar-refractivity contribution in [3.8, 4) is 11.8 Å². The number of nitriles is 1. The van der Waals surface area contributed by atoms with Gasteiger partial charge in [0.1, 0.15) is 11.8 Å². The molecule has 0 aliphatic rings. The van der Waals surface area contributed by atoms with E-state index in [0.717, 1.165) is 30.8 Å². The van der Waals surface area contributed by atoms with Crippen LogP contribution in [0.4, 0.5) is 0 Å². The Labute approximate surface area is 117 Å². The average molecular weight is 272 g/mol. The van der Waals surface area contributed by atoms with Gasteiger partial charge in [-0.25, -0.2) is 0 Å². The highest BCUT2D eigenvalue weighted by Gasteiger charge is 2.02. The van der Waals surface area contributed by atoms with Crippen molar-refractivity contribution in [1.29, 1.82) is 5.26 Å². The lowest BCUT2D eigenvalue weighted by molar-refractivity contribution is 0.409. The molecule has 0 bridgehead atoms. The van der Waals surface area contributed by atoms with Gasteiger partial charge in [-0.05, 0) is 30.7 Å². The fraction of sp³-hybridized carbons (Fsp3) is 0.267. The highest BCUT2D eigenvalue weighted by Crippen LogP contribution is 2.17. The number of methoxy groups -OCH3 is 1. The number of benzene rings is 1. The fourth-order valence-electron chi connectivity index (χ4n) is 1.88. The van der Waals surface area contributed by atoms with Crippen LogP contribution in [0, 0.1) is 11.3 Å². The van der Waals surface area contributed by atoms with Crippen molar-refractivity contribution in [2.75, 3.05) is 13.7 Å². The zero-order valence-corrected chi connectivity index (χ0v) is 11.7. The van der Waals surface area contributed by atoms with Crippen LogP contribution in [0.1, 0.15) is 16.0 Å². The van der Waals surface area contributed by atoms with Crippen LogP contribution in [0.3, 0.4) is 0 Å². The van der Waals surface area contributed by atoms with Gasteiger partial charge in [-0.1, -0.05) is 18.2 Å². The lowest BCUT2D eigenvalue weighted by Crippen LogP contribution is -2.16. The molecule has 1 heterocycles. The molecule has 0 radical (unpaired) electrons. The van der Waals surface area contributed by atoms with Gasteiger partial charge in [0.25, 0.3) is 0 Å². The maximum absolute atomic E-state index is 8.75. The lowest BCUT2D eigenvalue weighted by Gasteiger charge is -2.08. The molecule has 3 nitrogen and oxygen atoms in total. The van der Waals surface area contributed by atoms with E-state index in [2.05, 4.69) is 17.5 Å². The normalized spacial score (nSPS) is 10.1. The number of hydrogen-bond acceptors (Lipinski definition) is 4. The molecule has 0 atom stereocenters. The van der Waals surface area contributed by atoms with Crippen molar-refractivity contribution in [3.63, 3.8) is 0 Å². The van der Waals surface area contributed by atoms with Crippen LogP contribution in [-0.2, 0) is 13.0 Å². The Balaban J connectivity index is 1.79. The van der Waals surface area contributed by atoms with Gasteiger partial charge < -0.3 is 10.1 Å². The predicted molar refractivity (Wildman–Crippen MR) is 77.4 cm³/mol. The topological polar surface area (TPSA) is 45.0 Å². The molecule has 1 N–H and O–H groups in total. The van der Waals surface area contributed by atoms with Gasteiger partial charge >= 0.3 is 0 Å². The van der Waals surface area contributed by atoms with Crippen LogP contribution in [0.2, 0.25) is 0 Å². The molecule has 0 spiro atoms. The smallest absolute Gasteiger partial charge is 0.122 e. The Morgan fingerprint density at radius 3 is 2.95 bits per heavy atom. The Hall–Kier alpha value is -1.83. The first-order valence-corrected chi connectivity index (χ1v) is 7.01. The highest BCUT2D eigenvalue weighted by molar-refractivity contribution is 7.10. The van der Waals surface area contributed by atoms with E-state index < -0.39 is 0 Å². The monoisotopic (exact) mass is 272 g/mol. The zero-order valence-electron chi connectivity index (χ0n) is 10.8. The first-order valence-electron chi connectivity index (χ1n) is 6.13. The van der Waals surface area contributed by atoms with E-state index in [0.29, 0.717) is 0 Å². The lowest BCUT2D eigenvalue weighted by atomic mass is 10.1. The number of nitrogens with zero attached hydrogens (tertiary/aromatic N) is 1. The van der Waals surface area contributed by atoms with Crippen molar-refractivity contribution >= 4 is 11.3 Å². The SMILES string of the molecule is COc1ccccc1CCNCc1cc(C#N)cs1.